The molecule has 3 aromatic rings. The van der Waals surface area contributed by atoms with Crippen LogP contribution < -0.4 is 16.2 Å². The fourth-order valence-electron chi connectivity index (χ4n) is 3.34. The largest absolute Gasteiger partial charge is 0.485 e. The summed E-state index contributed by atoms with van der Waals surface area (Å²) in [6.07, 6.45) is 1.76. The highest BCUT2D eigenvalue weighted by molar-refractivity contribution is 6.06. The van der Waals surface area contributed by atoms with Gasteiger partial charge in [-0.1, -0.05) is 0 Å². The van der Waals surface area contributed by atoms with Crippen LogP contribution in [0.1, 0.15) is 23.2 Å². The molecule has 11 heteroatoms. The quantitative estimate of drug-likeness (QED) is 0.552. The van der Waals surface area contributed by atoms with Crippen LogP contribution in [0.25, 0.3) is 22.3 Å². The molecule has 162 valence electrons. The number of halogens is 2. The highest BCUT2D eigenvalue weighted by atomic mass is 19.1. The summed E-state index contributed by atoms with van der Waals surface area (Å²) in [6.45, 7) is 0.399. The number of hydrogen-bond donors (Lipinski definition) is 3. The van der Waals surface area contributed by atoms with Gasteiger partial charge in [-0.15, -0.1) is 0 Å². The molecular formula is C20H19F2N5O4. The molecule has 4 rings (SSSR count). The predicted octanol–water partition coefficient (Wildman–Crippen LogP) is 1.57. The van der Waals surface area contributed by atoms with Gasteiger partial charge in [0.25, 0.3) is 5.91 Å². The Morgan fingerprint density at radius 2 is 1.84 bits per heavy atom. The number of fused-ring (bicyclic) bond motifs is 1. The van der Waals surface area contributed by atoms with Crippen molar-refractivity contribution in [3.63, 3.8) is 0 Å². The molecule has 1 aliphatic rings. The Morgan fingerprint density at radius 1 is 1.16 bits per heavy atom. The first kappa shape index (κ1) is 20.8. The maximum Gasteiger partial charge on any atom is 0.251 e. The first-order valence-electron chi connectivity index (χ1n) is 9.41. The van der Waals surface area contributed by atoms with E-state index in [9.17, 15) is 18.7 Å². The average Bonchev–Trinajstić information content (AvgIpc) is 2.73. The summed E-state index contributed by atoms with van der Waals surface area (Å²) in [4.78, 5) is 23.9. The minimum atomic E-state index is -1.22. The molecule has 2 aromatic heterocycles. The van der Waals surface area contributed by atoms with Gasteiger partial charge in [0.2, 0.25) is 0 Å². The highest BCUT2D eigenvalue weighted by Gasteiger charge is 2.31. The summed E-state index contributed by atoms with van der Waals surface area (Å²) in [6, 6.07) is 3.29. The van der Waals surface area contributed by atoms with Crippen LogP contribution in [-0.4, -0.2) is 51.4 Å². The summed E-state index contributed by atoms with van der Waals surface area (Å²) in [7, 11) is 0. The molecule has 3 heterocycles. The van der Waals surface area contributed by atoms with Gasteiger partial charge in [-0.05, 0) is 18.2 Å². The number of aromatic nitrogens is 3. The molecule has 1 aliphatic heterocycles. The van der Waals surface area contributed by atoms with E-state index in [1.165, 1.54) is 6.07 Å². The van der Waals surface area contributed by atoms with Crippen LogP contribution >= 0.6 is 0 Å². The van der Waals surface area contributed by atoms with Gasteiger partial charge >= 0.3 is 0 Å². The Morgan fingerprint density at radius 3 is 2.48 bits per heavy atom. The molecular weight excluding hydrogens is 412 g/mol. The van der Waals surface area contributed by atoms with Gasteiger partial charge in [0.05, 0.1) is 11.3 Å². The van der Waals surface area contributed by atoms with Gasteiger partial charge in [0.1, 0.15) is 29.6 Å². The Labute approximate surface area is 175 Å². The third-order valence-corrected chi connectivity index (χ3v) is 5.09. The van der Waals surface area contributed by atoms with E-state index in [1.54, 1.807) is 0 Å². The molecule has 0 atom stereocenters. The maximum absolute atomic E-state index is 14.7. The van der Waals surface area contributed by atoms with Crippen LogP contribution in [0.15, 0.2) is 24.5 Å². The number of benzene rings is 1. The van der Waals surface area contributed by atoms with Crippen LogP contribution in [0.5, 0.6) is 5.75 Å². The summed E-state index contributed by atoms with van der Waals surface area (Å²) in [5.41, 5.74) is 10.3. The number of pyridine rings is 1. The molecule has 0 unspecified atom stereocenters. The average molecular weight is 431 g/mol. The van der Waals surface area contributed by atoms with Crippen molar-refractivity contribution in [3.8, 4) is 17.0 Å². The second-order valence-electron chi connectivity index (χ2n) is 7.27. The number of aliphatic hydroxyl groups is 1. The first-order valence-corrected chi connectivity index (χ1v) is 9.41. The summed E-state index contributed by atoms with van der Waals surface area (Å²) in [5, 5.41) is 10.4. The zero-order chi connectivity index (χ0) is 22.2. The molecule has 9 nitrogen and oxygen atoms in total. The molecule has 1 aromatic carbocycles. The third kappa shape index (κ3) is 4.09. The van der Waals surface area contributed by atoms with Crippen LogP contribution in [0.4, 0.5) is 14.6 Å². The fraction of sp³-hybridized carbons (Fsp3) is 0.300. The number of ether oxygens (including phenoxy) is 2. The number of anilines is 1. The van der Waals surface area contributed by atoms with E-state index in [0.717, 1.165) is 18.5 Å². The van der Waals surface area contributed by atoms with Gasteiger partial charge < -0.3 is 26.0 Å². The molecule has 31 heavy (non-hydrogen) atoms. The van der Waals surface area contributed by atoms with E-state index in [4.69, 9.17) is 20.9 Å². The number of rotatable bonds is 5. The van der Waals surface area contributed by atoms with Crippen molar-refractivity contribution in [2.75, 3.05) is 25.6 Å². The standard InChI is InChI=1S/C20H19F2N5O4/c21-12-5-10(6-13(22)17(12)31-8-20(29)1-3-30-4-2-20)14-7-11(19(24)28)15-16(27-14)18(23)26-9-25-15/h5-7,9,29H,1-4,8H2,(H2,24,28)(H2,23,25,26). The maximum atomic E-state index is 14.7. The number of primary amides is 1. The molecule has 5 N–H and O–H groups in total. The minimum absolute atomic E-state index is 0.0139. The Hall–Kier alpha value is -3.44. The number of carbonyl (C=O) groups excluding carboxylic acids is 1. The Balaban J connectivity index is 1.70. The number of nitrogens with zero attached hydrogens (tertiary/aromatic N) is 3. The van der Waals surface area contributed by atoms with Crippen molar-refractivity contribution < 1.29 is 28.2 Å². The topological polar surface area (TPSA) is 146 Å². The van der Waals surface area contributed by atoms with Crippen LogP contribution in [0, 0.1) is 11.6 Å². The second kappa shape index (κ2) is 8.00. The molecule has 0 spiro atoms. The molecule has 0 bridgehead atoms. The van der Waals surface area contributed by atoms with Gasteiger partial charge in [-0.2, -0.15) is 0 Å². The Bertz CT molecular complexity index is 1140. The summed E-state index contributed by atoms with van der Waals surface area (Å²) >= 11 is 0. The molecule has 1 amide bonds. The van der Waals surface area contributed by atoms with E-state index >= 15 is 0 Å². The lowest BCUT2D eigenvalue weighted by atomic mass is 9.96. The number of carbonyl (C=O) groups is 1. The van der Waals surface area contributed by atoms with Crippen molar-refractivity contribution in [3.05, 3.63) is 41.7 Å². The van der Waals surface area contributed by atoms with Crippen LogP contribution in [-0.2, 0) is 4.74 Å². The second-order valence-corrected chi connectivity index (χ2v) is 7.27. The number of amides is 1. The zero-order valence-corrected chi connectivity index (χ0v) is 16.3. The van der Waals surface area contributed by atoms with Crippen LogP contribution in [0.3, 0.4) is 0 Å². The van der Waals surface area contributed by atoms with Gasteiger partial charge in [-0.3, -0.25) is 4.79 Å². The summed E-state index contributed by atoms with van der Waals surface area (Å²) < 4.78 is 39.8. The smallest absolute Gasteiger partial charge is 0.251 e. The molecule has 1 saturated heterocycles. The van der Waals surface area contributed by atoms with Gasteiger partial charge in [0.15, 0.2) is 23.2 Å². The zero-order valence-electron chi connectivity index (χ0n) is 16.3. The highest BCUT2D eigenvalue weighted by Crippen LogP contribution is 2.32. The number of hydrogen-bond acceptors (Lipinski definition) is 8. The molecule has 0 radical (unpaired) electrons. The molecule has 1 fully saturated rings. The van der Waals surface area contributed by atoms with Gasteiger partial charge in [0, 0.05) is 31.6 Å². The fourth-order valence-corrected chi connectivity index (χ4v) is 3.34. The lowest BCUT2D eigenvalue weighted by Crippen LogP contribution is -2.41. The van der Waals surface area contributed by atoms with Crippen molar-refractivity contribution in [2.24, 2.45) is 5.73 Å². The van der Waals surface area contributed by atoms with Crippen molar-refractivity contribution in [2.45, 2.75) is 18.4 Å². The minimum Gasteiger partial charge on any atom is -0.485 e. The SMILES string of the molecule is NC(=O)c1cc(-c2cc(F)c(OCC3(O)CCOCC3)c(F)c2)nc2c(N)ncnc12. The first-order chi connectivity index (χ1) is 14.8. The van der Waals surface area contributed by atoms with E-state index in [-0.39, 0.29) is 40.3 Å². The van der Waals surface area contributed by atoms with Crippen molar-refractivity contribution >= 4 is 22.8 Å². The molecule has 0 saturated carbocycles. The van der Waals surface area contributed by atoms with Crippen molar-refractivity contribution in [1.82, 2.24) is 15.0 Å². The van der Waals surface area contributed by atoms with Crippen molar-refractivity contribution in [1.29, 1.82) is 0 Å². The monoisotopic (exact) mass is 431 g/mol. The van der Waals surface area contributed by atoms with Crippen LogP contribution in [0.2, 0.25) is 0 Å². The lowest BCUT2D eigenvalue weighted by molar-refractivity contribution is -0.0864. The summed E-state index contributed by atoms with van der Waals surface area (Å²) in [5.74, 6) is -3.43. The lowest BCUT2D eigenvalue weighted by Gasteiger charge is -2.31. The van der Waals surface area contributed by atoms with E-state index in [2.05, 4.69) is 15.0 Å². The van der Waals surface area contributed by atoms with E-state index < -0.39 is 28.9 Å². The third-order valence-electron chi connectivity index (χ3n) is 5.09. The number of nitrogens with two attached hydrogens (primary N) is 2. The Kier molecular flexibility index (Phi) is 5.38. The molecule has 0 aliphatic carbocycles. The van der Waals surface area contributed by atoms with E-state index in [1.807, 2.05) is 0 Å². The predicted molar refractivity (Wildman–Crippen MR) is 106 cm³/mol. The van der Waals surface area contributed by atoms with Gasteiger partial charge in [-0.25, -0.2) is 23.7 Å². The number of nitrogen functional groups attached to an aromatic ring is 1. The van der Waals surface area contributed by atoms with E-state index in [0.29, 0.717) is 26.1 Å². The normalized spacial score (nSPS) is 15.7.